The zero-order chi connectivity index (χ0) is 24.7. The Hall–Kier alpha value is -1.58. The molecule has 32 heavy (non-hydrogen) atoms. The van der Waals surface area contributed by atoms with Gasteiger partial charge in [-0.2, -0.15) is 0 Å². The summed E-state index contributed by atoms with van der Waals surface area (Å²) in [5.74, 6) is 0.196. The fourth-order valence-electron chi connectivity index (χ4n) is 3.70. The zero-order valence-electron chi connectivity index (χ0n) is 21.1. The van der Waals surface area contributed by atoms with Gasteiger partial charge in [0.2, 0.25) is 5.91 Å². The number of hydrogen-bond donors (Lipinski definition) is 0. The van der Waals surface area contributed by atoms with Gasteiger partial charge in [-0.15, -0.1) is 0 Å². The lowest BCUT2D eigenvalue weighted by Gasteiger charge is -2.54. The van der Waals surface area contributed by atoms with Crippen molar-refractivity contribution in [3.63, 3.8) is 0 Å². The minimum atomic E-state index is -3.69. The van der Waals surface area contributed by atoms with Crippen LogP contribution in [0.1, 0.15) is 61.0 Å². The number of likely N-dealkylation sites (tertiary alicyclic amines) is 1. The van der Waals surface area contributed by atoms with Gasteiger partial charge in [0.1, 0.15) is 22.8 Å². The number of benzene rings is 1. The van der Waals surface area contributed by atoms with Crippen molar-refractivity contribution in [2.75, 3.05) is 14.2 Å². The highest BCUT2D eigenvalue weighted by molar-refractivity contribution is 7.93. The maximum absolute atomic E-state index is 13.6. The minimum absolute atomic E-state index is 0.0264. The quantitative estimate of drug-likeness (QED) is 0.415. The van der Waals surface area contributed by atoms with Gasteiger partial charge in [0, 0.05) is 11.6 Å². The Bertz CT molecular complexity index is 946. The molecule has 182 valence electrons. The summed E-state index contributed by atoms with van der Waals surface area (Å²) in [6.45, 7) is 15.1. The minimum Gasteiger partial charge on any atom is -0.497 e. The Morgan fingerprint density at radius 3 is 2.06 bits per heavy atom. The first-order valence-electron chi connectivity index (χ1n) is 10.8. The Morgan fingerprint density at radius 1 is 1.00 bits per heavy atom. The first-order valence-corrected chi connectivity index (χ1v) is 13.7. The molecule has 9 heteroatoms. The first kappa shape index (κ1) is 26.7. The van der Waals surface area contributed by atoms with Crippen LogP contribution in [0, 0.1) is 5.92 Å². The molecule has 0 spiro atoms. The van der Waals surface area contributed by atoms with Crippen LogP contribution in [-0.2, 0) is 25.6 Å². The molecule has 2 unspecified atom stereocenters. The molecule has 1 heterocycles. The largest absolute Gasteiger partial charge is 0.497 e. The van der Waals surface area contributed by atoms with Crippen molar-refractivity contribution in [1.82, 2.24) is 4.90 Å². The van der Waals surface area contributed by atoms with E-state index in [1.807, 2.05) is 13.8 Å². The molecule has 0 radical (unpaired) electrons. The number of sulfone groups is 1. The van der Waals surface area contributed by atoms with Gasteiger partial charge in [-0.3, -0.25) is 4.79 Å². The first-order chi connectivity index (χ1) is 14.5. The molecule has 2 atom stereocenters. The van der Waals surface area contributed by atoms with Gasteiger partial charge >= 0.3 is 0 Å². The highest BCUT2D eigenvalue weighted by atomic mass is 32.2. The van der Waals surface area contributed by atoms with Crippen molar-refractivity contribution in [1.29, 1.82) is 0 Å². The SMILES string of the molecule is COc1ccc(CN2C(=O)C(C(C)(C)O[SiH2]C(C)(C)C)C2S(=O)(=O)C(C)(C)C)c(OC)c1. The second-order valence-electron chi connectivity index (χ2n) is 11.1. The third-order valence-electron chi connectivity index (χ3n) is 5.77. The number of nitrogens with zero attached hydrogens (tertiary/aromatic N) is 1. The van der Waals surface area contributed by atoms with Crippen LogP contribution in [0.2, 0.25) is 5.04 Å². The van der Waals surface area contributed by atoms with Crippen molar-refractivity contribution in [3.8, 4) is 11.5 Å². The summed E-state index contributed by atoms with van der Waals surface area (Å²) in [4.78, 5) is 14.8. The number of carbonyl (C=O) groups excluding carboxylic acids is 1. The van der Waals surface area contributed by atoms with Crippen molar-refractivity contribution >= 4 is 25.5 Å². The number of ether oxygens (including phenoxy) is 2. The van der Waals surface area contributed by atoms with E-state index < -0.39 is 41.2 Å². The summed E-state index contributed by atoms with van der Waals surface area (Å²) < 4.78 is 43.2. The van der Waals surface area contributed by atoms with Crippen LogP contribution in [0.25, 0.3) is 0 Å². The standard InChI is InChI=1S/C23H39NO6SSi/c1-21(2,3)31(26,27)20-18(23(7,8)30-32-22(4,5)6)19(25)24(20)14-15-11-12-16(28-9)13-17(15)29-10/h11-13,18,20H,14,32H2,1-10H3. The molecule has 7 nitrogen and oxygen atoms in total. The molecule has 0 aliphatic carbocycles. The predicted octanol–water partition coefficient (Wildman–Crippen LogP) is 3.30. The summed E-state index contributed by atoms with van der Waals surface area (Å²) in [6.07, 6.45) is 0. The lowest BCUT2D eigenvalue weighted by molar-refractivity contribution is -0.164. The number of carbonyl (C=O) groups is 1. The molecule has 0 saturated carbocycles. The van der Waals surface area contributed by atoms with Crippen LogP contribution >= 0.6 is 0 Å². The van der Waals surface area contributed by atoms with Crippen LogP contribution in [-0.4, -0.2) is 58.9 Å². The molecule has 1 saturated heterocycles. The number of β-lactam (4-membered cyclic amide) rings is 1. The highest BCUT2D eigenvalue weighted by Crippen LogP contribution is 2.45. The summed E-state index contributed by atoms with van der Waals surface area (Å²) in [6, 6.07) is 5.30. The van der Waals surface area contributed by atoms with Gasteiger partial charge in [0.25, 0.3) is 0 Å². The van der Waals surface area contributed by atoms with Crippen molar-refractivity contribution < 1.29 is 27.1 Å². The van der Waals surface area contributed by atoms with Crippen LogP contribution in [0.15, 0.2) is 18.2 Å². The van der Waals surface area contributed by atoms with Crippen molar-refractivity contribution in [2.45, 2.75) is 82.7 Å². The van der Waals surface area contributed by atoms with Gasteiger partial charge in [0.05, 0.1) is 31.1 Å². The molecule has 0 aromatic heterocycles. The molecule has 0 bridgehead atoms. The van der Waals surface area contributed by atoms with Gasteiger partial charge in [-0.1, -0.05) is 20.8 Å². The van der Waals surface area contributed by atoms with Gasteiger partial charge in [0.15, 0.2) is 19.6 Å². The topological polar surface area (TPSA) is 82.1 Å². The number of rotatable bonds is 8. The maximum Gasteiger partial charge on any atom is 0.233 e. The molecule has 1 aromatic carbocycles. The van der Waals surface area contributed by atoms with Crippen LogP contribution < -0.4 is 9.47 Å². The Kier molecular flexibility index (Phi) is 7.49. The molecule has 1 aliphatic rings. The summed E-state index contributed by atoms with van der Waals surface area (Å²) >= 11 is 0. The molecule has 2 rings (SSSR count). The lowest BCUT2D eigenvalue weighted by Crippen LogP contribution is -2.71. The number of hydrogen-bond acceptors (Lipinski definition) is 6. The molecular weight excluding hydrogens is 446 g/mol. The van der Waals surface area contributed by atoms with Crippen LogP contribution in [0.3, 0.4) is 0 Å². The third-order valence-corrected chi connectivity index (χ3v) is 10.4. The Balaban J connectivity index is 2.45. The highest BCUT2D eigenvalue weighted by Gasteiger charge is 2.62. The molecular formula is C23H39NO6SSi. The van der Waals surface area contributed by atoms with Crippen molar-refractivity contribution in [3.05, 3.63) is 23.8 Å². The van der Waals surface area contributed by atoms with E-state index in [-0.39, 0.29) is 17.5 Å². The van der Waals surface area contributed by atoms with E-state index in [1.165, 1.54) is 12.0 Å². The van der Waals surface area contributed by atoms with E-state index in [9.17, 15) is 13.2 Å². The number of amides is 1. The molecule has 1 aliphatic heterocycles. The smallest absolute Gasteiger partial charge is 0.233 e. The van der Waals surface area contributed by atoms with E-state index in [1.54, 1.807) is 46.1 Å². The maximum atomic E-state index is 13.6. The molecule has 1 fully saturated rings. The number of methoxy groups -OCH3 is 2. The summed E-state index contributed by atoms with van der Waals surface area (Å²) in [5, 5.41) is -0.940. The van der Waals surface area contributed by atoms with Crippen LogP contribution in [0.4, 0.5) is 0 Å². The summed E-state index contributed by atoms with van der Waals surface area (Å²) in [7, 11) is -1.57. The fraction of sp³-hybridized carbons (Fsp3) is 0.696. The Morgan fingerprint density at radius 2 is 1.59 bits per heavy atom. The normalized spacial score (nSPS) is 20.6. The van der Waals surface area contributed by atoms with Gasteiger partial charge in [-0.05, 0) is 51.8 Å². The fourth-order valence-corrected chi connectivity index (χ4v) is 6.72. The second-order valence-corrected chi connectivity index (χ2v) is 16.6. The summed E-state index contributed by atoms with van der Waals surface area (Å²) in [5.41, 5.74) is -0.155. The average Bonchev–Trinajstić information content (AvgIpc) is 2.66. The zero-order valence-corrected chi connectivity index (χ0v) is 23.3. The molecule has 0 N–H and O–H groups in total. The van der Waals surface area contributed by atoms with Gasteiger partial charge < -0.3 is 18.8 Å². The monoisotopic (exact) mass is 485 g/mol. The second kappa shape index (κ2) is 8.99. The van der Waals surface area contributed by atoms with E-state index in [0.717, 1.165) is 5.56 Å². The van der Waals surface area contributed by atoms with Crippen molar-refractivity contribution in [2.24, 2.45) is 5.92 Å². The average molecular weight is 486 g/mol. The Labute approximate surface area is 195 Å². The van der Waals surface area contributed by atoms with E-state index in [0.29, 0.717) is 11.5 Å². The molecule has 1 amide bonds. The lowest BCUT2D eigenvalue weighted by atomic mass is 9.82. The van der Waals surface area contributed by atoms with Gasteiger partial charge in [-0.25, -0.2) is 8.42 Å². The van der Waals surface area contributed by atoms with E-state index in [2.05, 4.69) is 20.8 Å². The van der Waals surface area contributed by atoms with E-state index in [4.69, 9.17) is 13.9 Å². The van der Waals surface area contributed by atoms with E-state index >= 15 is 0 Å². The predicted molar refractivity (Wildman–Crippen MR) is 129 cm³/mol. The van der Waals surface area contributed by atoms with Crippen LogP contribution in [0.5, 0.6) is 11.5 Å². The molecule has 1 aromatic rings. The third kappa shape index (κ3) is 5.31.